The SMILES string of the molecule is NCC1CCN(C(=O)CCc2ccccc2Br)CC1. The van der Waals surface area contributed by atoms with Crippen molar-refractivity contribution in [3.8, 4) is 0 Å². The highest BCUT2D eigenvalue weighted by molar-refractivity contribution is 9.10. The van der Waals surface area contributed by atoms with Gasteiger partial charge in [-0.15, -0.1) is 0 Å². The van der Waals surface area contributed by atoms with Crippen LogP contribution in [0, 0.1) is 5.92 Å². The Bertz CT molecular complexity index is 428. The van der Waals surface area contributed by atoms with Gasteiger partial charge < -0.3 is 10.6 Å². The lowest BCUT2D eigenvalue weighted by Gasteiger charge is -2.31. The number of halogens is 1. The predicted molar refractivity (Wildman–Crippen MR) is 80.8 cm³/mol. The Morgan fingerprint density at radius 3 is 2.63 bits per heavy atom. The summed E-state index contributed by atoms with van der Waals surface area (Å²) in [6, 6.07) is 8.09. The summed E-state index contributed by atoms with van der Waals surface area (Å²) in [5, 5.41) is 0. The first-order valence-electron chi connectivity index (χ1n) is 6.92. The summed E-state index contributed by atoms with van der Waals surface area (Å²) in [6.07, 6.45) is 3.50. The molecule has 1 aliphatic heterocycles. The molecule has 3 nitrogen and oxygen atoms in total. The lowest BCUT2D eigenvalue weighted by atomic mass is 9.97. The fourth-order valence-corrected chi connectivity index (χ4v) is 3.00. The summed E-state index contributed by atoms with van der Waals surface area (Å²) in [5.41, 5.74) is 6.87. The van der Waals surface area contributed by atoms with Crippen LogP contribution in [0.1, 0.15) is 24.8 Å². The van der Waals surface area contributed by atoms with Crippen LogP contribution >= 0.6 is 15.9 Å². The summed E-state index contributed by atoms with van der Waals surface area (Å²) in [5.74, 6) is 0.874. The van der Waals surface area contributed by atoms with Gasteiger partial charge in [0, 0.05) is 24.0 Å². The minimum Gasteiger partial charge on any atom is -0.343 e. The molecular weight excluding hydrogens is 304 g/mol. The lowest BCUT2D eigenvalue weighted by Crippen LogP contribution is -2.40. The van der Waals surface area contributed by atoms with Gasteiger partial charge in [-0.2, -0.15) is 0 Å². The molecule has 104 valence electrons. The van der Waals surface area contributed by atoms with Gasteiger partial charge in [0.05, 0.1) is 0 Å². The molecule has 1 aromatic rings. The summed E-state index contributed by atoms with van der Waals surface area (Å²) < 4.78 is 1.09. The van der Waals surface area contributed by atoms with E-state index in [0.717, 1.165) is 43.4 Å². The van der Waals surface area contributed by atoms with Crippen LogP contribution in [-0.4, -0.2) is 30.4 Å². The third kappa shape index (κ3) is 4.05. The molecule has 1 aromatic carbocycles. The van der Waals surface area contributed by atoms with Crippen LogP contribution in [0.15, 0.2) is 28.7 Å². The average Bonchev–Trinajstić information content (AvgIpc) is 2.46. The fourth-order valence-electron chi connectivity index (χ4n) is 2.52. The van der Waals surface area contributed by atoms with E-state index >= 15 is 0 Å². The molecule has 19 heavy (non-hydrogen) atoms. The van der Waals surface area contributed by atoms with Crippen molar-refractivity contribution >= 4 is 21.8 Å². The number of hydrogen-bond donors (Lipinski definition) is 1. The van der Waals surface area contributed by atoms with E-state index in [1.165, 1.54) is 5.56 Å². The molecule has 0 spiro atoms. The number of piperidine rings is 1. The zero-order chi connectivity index (χ0) is 13.7. The van der Waals surface area contributed by atoms with E-state index in [9.17, 15) is 4.79 Å². The second-order valence-electron chi connectivity index (χ2n) is 5.15. The van der Waals surface area contributed by atoms with Crippen molar-refractivity contribution in [1.29, 1.82) is 0 Å². The number of hydrogen-bond acceptors (Lipinski definition) is 2. The number of nitrogens with two attached hydrogens (primary N) is 1. The van der Waals surface area contributed by atoms with E-state index in [-0.39, 0.29) is 5.91 Å². The van der Waals surface area contributed by atoms with Crippen molar-refractivity contribution in [3.63, 3.8) is 0 Å². The molecule has 2 N–H and O–H groups in total. The van der Waals surface area contributed by atoms with Gasteiger partial charge in [0.1, 0.15) is 0 Å². The van der Waals surface area contributed by atoms with Crippen molar-refractivity contribution in [1.82, 2.24) is 4.90 Å². The van der Waals surface area contributed by atoms with E-state index in [0.29, 0.717) is 12.3 Å². The minimum absolute atomic E-state index is 0.270. The average molecular weight is 325 g/mol. The number of amides is 1. The molecule has 0 bridgehead atoms. The number of carbonyl (C=O) groups excluding carboxylic acids is 1. The van der Waals surface area contributed by atoms with E-state index in [4.69, 9.17) is 5.73 Å². The molecule has 0 radical (unpaired) electrons. The van der Waals surface area contributed by atoms with Crippen LogP contribution in [-0.2, 0) is 11.2 Å². The maximum atomic E-state index is 12.2. The second kappa shape index (κ2) is 7.06. The Morgan fingerprint density at radius 1 is 1.32 bits per heavy atom. The zero-order valence-electron chi connectivity index (χ0n) is 11.1. The summed E-state index contributed by atoms with van der Waals surface area (Å²) in [6.45, 7) is 2.49. The first kappa shape index (κ1) is 14.5. The third-order valence-corrected chi connectivity index (χ3v) is 4.64. The van der Waals surface area contributed by atoms with Gasteiger partial charge >= 0.3 is 0 Å². The lowest BCUT2D eigenvalue weighted by molar-refractivity contribution is -0.132. The van der Waals surface area contributed by atoms with Crippen molar-refractivity contribution in [3.05, 3.63) is 34.3 Å². The summed E-state index contributed by atoms with van der Waals surface area (Å²) in [4.78, 5) is 14.1. The monoisotopic (exact) mass is 324 g/mol. The highest BCUT2D eigenvalue weighted by Gasteiger charge is 2.21. The van der Waals surface area contributed by atoms with Crippen molar-refractivity contribution in [2.75, 3.05) is 19.6 Å². The minimum atomic E-state index is 0.270. The maximum absolute atomic E-state index is 12.2. The second-order valence-corrected chi connectivity index (χ2v) is 6.01. The van der Waals surface area contributed by atoms with Crippen LogP contribution in [0.2, 0.25) is 0 Å². The molecule has 4 heteroatoms. The van der Waals surface area contributed by atoms with Crippen molar-refractivity contribution in [2.24, 2.45) is 11.7 Å². The van der Waals surface area contributed by atoms with Gasteiger partial charge in [0.25, 0.3) is 0 Å². The first-order valence-corrected chi connectivity index (χ1v) is 7.71. The first-order chi connectivity index (χ1) is 9.20. The zero-order valence-corrected chi connectivity index (χ0v) is 12.7. The van der Waals surface area contributed by atoms with Gasteiger partial charge in [-0.05, 0) is 43.4 Å². The Balaban J connectivity index is 1.81. The molecule has 0 unspecified atom stereocenters. The van der Waals surface area contributed by atoms with Gasteiger partial charge in [-0.3, -0.25) is 4.79 Å². The molecule has 1 aliphatic rings. The third-order valence-electron chi connectivity index (χ3n) is 3.87. The molecular formula is C15H21BrN2O. The molecule has 0 atom stereocenters. The molecule has 1 amide bonds. The number of aryl methyl sites for hydroxylation is 1. The van der Waals surface area contributed by atoms with Crippen LogP contribution in [0.4, 0.5) is 0 Å². The predicted octanol–water partition coefficient (Wildman–Crippen LogP) is 2.58. The molecule has 1 fully saturated rings. The smallest absolute Gasteiger partial charge is 0.222 e. The highest BCUT2D eigenvalue weighted by atomic mass is 79.9. The largest absolute Gasteiger partial charge is 0.343 e. The Morgan fingerprint density at radius 2 is 2.00 bits per heavy atom. The number of benzene rings is 1. The number of rotatable bonds is 4. The number of carbonyl (C=O) groups is 1. The van der Waals surface area contributed by atoms with Crippen LogP contribution in [0.3, 0.4) is 0 Å². The van der Waals surface area contributed by atoms with Gasteiger partial charge in [0.15, 0.2) is 0 Å². The molecule has 0 saturated carbocycles. The van der Waals surface area contributed by atoms with Crippen molar-refractivity contribution < 1.29 is 4.79 Å². The molecule has 0 aromatic heterocycles. The Labute approximate surface area is 123 Å². The van der Waals surface area contributed by atoms with Crippen LogP contribution < -0.4 is 5.73 Å². The van der Waals surface area contributed by atoms with E-state index in [1.807, 2.05) is 23.1 Å². The van der Waals surface area contributed by atoms with E-state index in [2.05, 4.69) is 22.0 Å². The normalized spacial score (nSPS) is 16.6. The van der Waals surface area contributed by atoms with Gasteiger partial charge in [-0.25, -0.2) is 0 Å². The van der Waals surface area contributed by atoms with Gasteiger partial charge in [0.2, 0.25) is 5.91 Å². The van der Waals surface area contributed by atoms with Crippen LogP contribution in [0.5, 0.6) is 0 Å². The van der Waals surface area contributed by atoms with Crippen LogP contribution in [0.25, 0.3) is 0 Å². The summed E-state index contributed by atoms with van der Waals surface area (Å²) in [7, 11) is 0. The molecule has 1 heterocycles. The summed E-state index contributed by atoms with van der Waals surface area (Å²) >= 11 is 3.52. The van der Waals surface area contributed by atoms with E-state index < -0.39 is 0 Å². The molecule has 1 saturated heterocycles. The van der Waals surface area contributed by atoms with Gasteiger partial charge in [-0.1, -0.05) is 34.1 Å². The Hall–Kier alpha value is -0.870. The fraction of sp³-hybridized carbons (Fsp3) is 0.533. The number of nitrogens with zero attached hydrogens (tertiary/aromatic N) is 1. The molecule has 2 rings (SSSR count). The molecule has 0 aliphatic carbocycles. The van der Waals surface area contributed by atoms with Crippen molar-refractivity contribution in [2.45, 2.75) is 25.7 Å². The number of likely N-dealkylation sites (tertiary alicyclic amines) is 1. The van der Waals surface area contributed by atoms with E-state index in [1.54, 1.807) is 0 Å². The highest BCUT2D eigenvalue weighted by Crippen LogP contribution is 2.20. The topological polar surface area (TPSA) is 46.3 Å². The maximum Gasteiger partial charge on any atom is 0.222 e. The quantitative estimate of drug-likeness (QED) is 0.925. The standard InChI is InChI=1S/C15H21BrN2O/c16-14-4-2-1-3-13(14)5-6-15(19)18-9-7-12(11-17)8-10-18/h1-4,12H,5-11,17H2. The Kier molecular flexibility index (Phi) is 5.40.